The molecule has 0 aliphatic heterocycles. The molecule has 0 spiro atoms. The summed E-state index contributed by atoms with van der Waals surface area (Å²) in [6, 6.07) is 17.9. The number of hydrogen-bond donors (Lipinski definition) is 0. The van der Waals surface area contributed by atoms with E-state index in [1.807, 2.05) is 0 Å². The molecule has 4 rings (SSSR count). The maximum atomic E-state index is 3.54. The number of rotatable bonds is 1. The Morgan fingerprint density at radius 3 is 2.59 bits per heavy atom. The summed E-state index contributed by atoms with van der Waals surface area (Å²) in [7, 11) is 0. The predicted octanol–water partition coefficient (Wildman–Crippen LogP) is 7.04. The number of allylic oxidation sites excluding steroid dienone is 1. The molecule has 2 heteroatoms. The van der Waals surface area contributed by atoms with Gasteiger partial charge in [0.15, 0.2) is 0 Å². The fraction of sp³-hybridized carbons (Fsp3) is 0.200. The van der Waals surface area contributed by atoms with E-state index >= 15 is 0 Å². The summed E-state index contributed by atoms with van der Waals surface area (Å²) in [6.07, 6.45) is 5.98. The van der Waals surface area contributed by atoms with E-state index in [-0.39, 0.29) is 0 Å². The monoisotopic (exact) mass is 414 g/mol. The Morgan fingerprint density at radius 1 is 0.909 bits per heavy atom. The Bertz CT molecular complexity index is 889. The smallest absolute Gasteiger partial charge is 0.0570 e. The first-order chi connectivity index (χ1) is 10.7. The van der Waals surface area contributed by atoms with Crippen LogP contribution in [0.1, 0.15) is 29.9 Å². The van der Waals surface area contributed by atoms with Crippen LogP contribution in [0.15, 0.2) is 58.0 Å². The minimum atomic E-state index is 0.488. The summed E-state index contributed by atoms with van der Waals surface area (Å²) in [5.74, 6) is 0.488. The molecule has 3 aromatic rings. The van der Waals surface area contributed by atoms with Crippen molar-refractivity contribution in [2.75, 3.05) is 0 Å². The van der Waals surface area contributed by atoms with Crippen LogP contribution in [-0.4, -0.2) is 0 Å². The Kier molecular flexibility index (Phi) is 3.83. The molecule has 110 valence electrons. The number of hydrogen-bond acceptors (Lipinski definition) is 0. The van der Waals surface area contributed by atoms with E-state index < -0.39 is 0 Å². The van der Waals surface area contributed by atoms with Crippen molar-refractivity contribution in [3.05, 3.63) is 69.1 Å². The third kappa shape index (κ3) is 2.43. The summed E-state index contributed by atoms with van der Waals surface area (Å²) in [5, 5.41) is 5.47. The summed E-state index contributed by atoms with van der Waals surface area (Å²) in [6.45, 7) is 0. The molecular weight excluding hydrogens is 400 g/mol. The van der Waals surface area contributed by atoms with Crippen LogP contribution >= 0.6 is 31.9 Å². The lowest BCUT2D eigenvalue weighted by molar-refractivity contribution is 0.634. The molecule has 1 atom stereocenters. The van der Waals surface area contributed by atoms with Crippen LogP contribution in [0.3, 0.4) is 0 Å². The Hall–Kier alpha value is -1.12. The highest BCUT2D eigenvalue weighted by Crippen LogP contribution is 2.40. The molecule has 0 N–H and O–H groups in total. The highest BCUT2D eigenvalue weighted by molar-refractivity contribution is 9.28. The highest BCUT2D eigenvalue weighted by atomic mass is 79.9. The zero-order valence-electron chi connectivity index (χ0n) is 12.2. The third-order valence-corrected chi connectivity index (χ3v) is 5.25. The van der Waals surface area contributed by atoms with Crippen molar-refractivity contribution >= 4 is 53.4 Å². The van der Waals surface area contributed by atoms with Gasteiger partial charge in [0.1, 0.15) is 0 Å². The highest BCUT2D eigenvalue weighted by Gasteiger charge is 2.21. The zero-order chi connectivity index (χ0) is 15.1. The third-order valence-electron chi connectivity index (χ3n) is 4.72. The zero-order valence-corrected chi connectivity index (χ0v) is 15.3. The number of benzene rings is 3. The second-order valence-corrected chi connectivity index (χ2v) is 8.75. The Balaban J connectivity index is 2.06. The molecule has 0 fully saturated rings. The number of halogens is 2. The average molecular weight is 416 g/mol. The molecule has 0 nitrogen and oxygen atoms in total. The van der Waals surface area contributed by atoms with Gasteiger partial charge >= 0.3 is 0 Å². The molecular formula is C20H16Br2. The number of fused-ring (bicyclic) bond motifs is 5. The van der Waals surface area contributed by atoms with E-state index in [2.05, 4.69) is 86.5 Å². The van der Waals surface area contributed by atoms with Crippen LogP contribution in [0.5, 0.6) is 0 Å². The maximum Gasteiger partial charge on any atom is 0.0570 e. The molecule has 0 amide bonds. The molecule has 0 bridgehead atoms. The van der Waals surface area contributed by atoms with Gasteiger partial charge in [-0.1, -0.05) is 54.6 Å². The van der Waals surface area contributed by atoms with Gasteiger partial charge in [0.25, 0.3) is 0 Å². The fourth-order valence-electron chi connectivity index (χ4n) is 3.79. The summed E-state index contributed by atoms with van der Waals surface area (Å²) < 4.78 is 1.05. The van der Waals surface area contributed by atoms with Crippen LogP contribution in [0.4, 0.5) is 0 Å². The molecule has 0 heterocycles. The fourth-order valence-corrected chi connectivity index (χ4v) is 4.43. The van der Waals surface area contributed by atoms with Gasteiger partial charge < -0.3 is 0 Å². The van der Waals surface area contributed by atoms with E-state index in [9.17, 15) is 0 Å². The molecule has 1 aliphatic carbocycles. The Labute approximate surface area is 147 Å². The minimum Gasteiger partial charge on any atom is -0.0616 e. The standard InChI is InChI=1S/C20H16Br2/c21-19(22)12-15-6-3-5-14-9-10-17-16-7-2-1-4-13(16)8-11-18(17)20(14)15/h1-2,4,7-12,15H,3,5-6H2. The molecule has 0 saturated carbocycles. The maximum absolute atomic E-state index is 3.54. The van der Waals surface area contributed by atoms with Crippen molar-refractivity contribution in [2.45, 2.75) is 25.2 Å². The minimum absolute atomic E-state index is 0.488. The van der Waals surface area contributed by atoms with E-state index in [0.29, 0.717) is 5.92 Å². The summed E-state index contributed by atoms with van der Waals surface area (Å²) in [5.41, 5.74) is 3.03. The normalized spacial score (nSPS) is 17.5. The van der Waals surface area contributed by atoms with Gasteiger partial charge in [-0.3, -0.25) is 0 Å². The van der Waals surface area contributed by atoms with E-state index in [4.69, 9.17) is 0 Å². The lowest BCUT2D eigenvalue weighted by Gasteiger charge is -2.25. The summed E-state index contributed by atoms with van der Waals surface area (Å²) in [4.78, 5) is 0. The molecule has 22 heavy (non-hydrogen) atoms. The van der Waals surface area contributed by atoms with Crippen LogP contribution in [-0.2, 0) is 6.42 Å². The topological polar surface area (TPSA) is 0 Å². The van der Waals surface area contributed by atoms with Crippen molar-refractivity contribution < 1.29 is 0 Å². The molecule has 3 aromatic carbocycles. The lowest BCUT2D eigenvalue weighted by Crippen LogP contribution is -2.08. The quantitative estimate of drug-likeness (QED) is 0.373. The van der Waals surface area contributed by atoms with Gasteiger partial charge in [-0.15, -0.1) is 0 Å². The molecule has 1 unspecified atom stereocenters. The molecule has 0 saturated heterocycles. The SMILES string of the molecule is BrC(Br)=CC1CCCc2ccc3c(ccc4ccccc43)c21. The van der Waals surface area contributed by atoms with Gasteiger partial charge in [-0.25, -0.2) is 0 Å². The lowest BCUT2D eigenvalue weighted by atomic mass is 9.79. The first-order valence-corrected chi connectivity index (χ1v) is 9.29. The van der Waals surface area contributed by atoms with Gasteiger partial charge in [-0.05, 0) is 83.8 Å². The van der Waals surface area contributed by atoms with Crippen LogP contribution in [0, 0.1) is 0 Å². The van der Waals surface area contributed by atoms with Crippen molar-refractivity contribution in [1.29, 1.82) is 0 Å². The Morgan fingerprint density at radius 2 is 1.73 bits per heavy atom. The van der Waals surface area contributed by atoms with Crippen molar-refractivity contribution in [3.63, 3.8) is 0 Å². The first-order valence-electron chi connectivity index (χ1n) is 7.70. The van der Waals surface area contributed by atoms with E-state index in [1.165, 1.54) is 51.9 Å². The van der Waals surface area contributed by atoms with Gasteiger partial charge in [-0.2, -0.15) is 0 Å². The van der Waals surface area contributed by atoms with E-state index in [0.717, 1.165) is 3.39 Å². The molecule has 0 radical (unpaired) electrons. The largest absolute Gasteiger partial charge is 0.0616 e. The molecule has 1 aliphatic rings. The van der Waals surface area contributed by atoms with Crippen LogP contribution < -0.4 is 0 Å². The summed E-state index contributed by atoms with van der Waals surface area (Å²) >= 11 is 7.09. The number of aryl methyl sites for hydroxylation is 1. The first kappa shape index (κ1) is 14.5. The van der Waals surface area contributed by atoms with Gasteiger partial charge in [0, 0.05) is 5.92 Å². The van der Waals surface area contributed by atoms with Gasteiger partial charge in [0.2, 0.25) is 0 Å². The van der Waals surface area contributed by atoms with Crippen molar-refractivity contribution in [2.24, 2.45) is 0 Å². The molecule has 0 aromatic heterocycles. The van der Waals surface area contributed by atoms with Gasteiger partial charge in [0.05, 0.1) is 3.39 Å². The average Bonchev–Trinajstić information content (AvgIpc) is 2.53. The van der Waals surface area contributed by atoms with Crippen LogP contribution in [0.25, 0.3) is 21.5 Å². The van der Waals surface area contributed by atoms with Crippen molar-refractivity contribution in [1.82, 2.24) is 0 Å². The predicted molar refractivity (Wildman–Crippen MR) is 103 cm³/mol. The second kappa shape index (κ2) is 5.82. The second-order valence-electron chi connectivity index (χ2n) is 5.98. The van der Waals surface area contributed by atoms with Crippen LogP contribution in [0.2, 0.25) is 0 Å². The van der Waals surface area contributed by atoms with E-state index in [1.54, 1.807) is 0 Å². The van der Waals surface area contributed by atoms with Crippen molar-refractivity contribution in [3.8, 4) is 0 Å².